The van der Waals surface area contributed by atoms with Crippen LogP contribution in [0.25, 0.3) is 16.5 Å². The molecule has 1 aromatic carbocycles. The average Bonchev–Trinajstić information content (AvgIpc) is 2.85. The van der Waals surface area contributed by atoms with Gasteiger partial charge in [-0.2, -0.15) is 0 Å². The zero-order chi connectivity index (χ0) is 12.5. The second-order valence-electron chi connectivity index (χ2n) is 4.74. The van der Waals surface area contributed by atoms with Gasteiger partial charge in [0.25, 0.3) is 0 Å². The van der Waals surface area contributed by atoms with Crippen LogP contribution in [0.5, 0.6) is 0 Å². The summed E-state index contributed by atoms with van der Waals surface area (Å²) < 4.78 is 19.1. The van der Waals surface area contributed by atoms with Gasteiger partial charge in [-0.25, -0.2) is 4.39 Å². The minimum absolute atomic E-state index is 0. The van der Waals surface area contributed by atoms with Crippen LogP contribution >= 0.6 is 12.4 Å². The van der Waals surface area contributed by atoms with Crippen LogP contribution in [-0.2, 0) is 0 Å². The van der Waals surface area contributed by atoms with Crippen LogP contribution in [0.2, 0.25) is 0 Å². The molecule has 1 unspecified atom stereocenters. The van der Waals surface area contributed by atoms with E-state index in [0.717, 1.165) is 35.9 Å². The third kappa shape index (κ3) is 2.67. The third-order valence-electron chi connectivity index (χ3n) is 3.58. The Labute approximate surface area is 118 Å². The van der Waals surface area contributed by atoms with Gasteiger partial charge in [-0.15, -0.1) is 12.4 Å². The molecule has 0 saturated carbocycles. The van der Waals surface area contributed by atoms with Crippen molar-refractivity contribution in [2.75, 3.05) is 6.54 Å². The second kappa shape index (κ2) is 5.76. The van der Waals surface area contributed by atoms with Crippen LogP contribution in [0.3, 0.4) is 0 Å². The molecule has 4 heteroatoms. The van der Waals surface area contributed by atoms with Crippen molar-refractivity contribution in [3.63, 3.8) is 0 Å². The first-order valence-corrected chi connectivity index (χ1v) is 6.37. The fraction of sp³-hybridized carbons (Fsp3) is 0.333. The van der Waals surface area contributed by atoms with Crippen molar-refractivity contribution in [2.24, 2.45) is 0 Å². The maximum absolute atomic E-state index is 13.6. The largest absolute Gasteiger partial charge is 0.464 e. The summed E-state index contributed by atoms with van der Waals surface area (Å²) in [4.78, 5) is 0. The molecular weight excluding hydrogens is 265 g/mol. The zero-order valence-corrected chi connectivity index (χ0v) is 11.6. The number of hydrogen-bond donors (Lipinski definition) is 1. The molecule has 0 fully saturated rings. The number of halogens is 2. The summed E-state index contributed by atoms with van der Waals surface area (Å²) >= 11 is 0. The highest BCUT2D eigenvalue weighted by atomic mass is 35.5. The number of nitrogens with one attached hydrogen (secondary N) is 1. The van der Waals surface area contributed by atoms with Crippen LogP contribution in [-0.4, -0.2) is 12.6 Å². The van der Waals surface area contributed by atoms with Gasteiger partial charge in [-0.3, -0.25) is 0 Å². The Balaban J connectivity index is 0.00000133. The van der Waals surface area contributed by atoms with Gasteiger partial charge in [-0.1, -0.05) is 13.0 Å². The molecule has 19 heavy (non-hydrogen) atoms. The van der Waals surface area contributed by atoms with E-state index < -0.39 is 0 Å². The summed E-state index contributed by atoms with van der Waals surface area (Å²) in [5.41, 5.74) is 2.87. The fourth-order valence-electron chi connectivity index (χ4n) is 2.56. The number of benzene rings is 1. The Morgan fingerprint density at radius 3 is 3.05 bits per heavy atom. The summed E-state index contributed by atoms with van der Waals surface area (Å²) in [6.07, 6.45) is 5.75. The summed E-state index contributed by atoms with van der Waals surface area (Å²) in [6, 6.07) is 5.37. The molecule has 0 bridgehead atoms. The first kappa shape index (κ1) is 14.1. The van der Waals surface area contributed by atoms with E-state index in [4.69, 9.17) is 4.42 Å². The second-order valence-corrected chi connectivity index (χ2v) is 4.74. The molecule has 0 aliphatic carbocycles. The molecule has 1 aromatic heterocycles. The number of rotatable bonds is 2. The molecular formula is C15H17ClFNO. The van der Waals surface area contributed by atoms with E-state index >= 15 is 0 Å². The molecule has 2 heterocycles. The lowest BCUT2D eigenvalue weighted by Gasteiger charge is -2.23. The molecule has 0 radical (unpaired) electrons. The van der Waals surface area contributed by atoms with Gasteiger partial charge in [0.05, 0.1) is 6.26 Å². The molecule has 0 saturated heterocycles. The van der Waals surface area contributed by atoms with Crippen molar-refractivity contribution in [1.82, 2.24) is 5.32 Å². The molecule has 2 nitrogen and oxygen atoms in total. The predicted molar refractivity (Wildman–Crippen MR) is 78.1 cm³/mol. The molecule has 0 spiro atoms. The van der Waals surface area contributed by atoms with Crippen molar-refractivity contribution < 1.29 is 8.81 Å². The van der Waals surface area contributed by atoms with E-state index in [2.05, 4.69) is 18.3 Å². The van der Waals surface area contributed by atoms with Crippen molar-refractivity contribution in [2.45, 2.75) is 25.8 Å². The van der Waals surface area contributed by atoms with Crippen LogP contribution in [0, 0.1) is 5.82 Å². The first-order valence-electron chi connectivity index (χ1n) is 6.37. The topological polar surface area (TPSA) is 25.2 Å². The summed E-state index contributed by atoms with van der Waals surface area (Å²) in [6.45, 7) is 3.00. The lowest BCUT2D eigenvalue weighted by atomic mass is 9.93. The van der Waals surface area contributed by atoms with Gasteiger partial charge in [0.1, 0.15) is 11.4 Å². The maximum atomic E-state index is 13.6. The minimum Gasteiger partial charge on any atom is -0.464 e. The summed E-state index contributed by atoms with van der Waals surface area (Å²) in [7, 11) is 0. The number of furan rings is 1. The molecule has 1 aliphatic rings. The monoisotopic (exact) mass is 281 g/mol. The quantitative estimate of drug-likeness (QED) is 0.895. The summed E-state index contributed by atoms with van der Waals surface area (Å²) in [5, 5.41) is 4.26. The Kier molecular flexibility index (Phi) is 4.27. The van der Waals surface area contributed by atoms with E-state index in [1.807, 2.05) is 0 Å². The Bertz CT molecular complexity index is 605. The van der Waals surface area contributed by atoms with Crippen LogP contribution in [0.15, 0.2) is 35.0 Å². The average molecular weight is 282 g/mol. The van der Waals surface area contributed by atoms with Gasteiger partial charge >= 0.3 is 0 Å². The van der Waals surface area contributed by atoms with Gasteiger partial charge in [0.2, 0.25) is 0 Å². The van der Waals surface area contributed by atoms with Crippen molar-refractivity contribution in [3.05, 3.63) is 41.9 Å². The van der Waals surface area contributed by atoms with E-state index in [1.54, 1.807) is 18.4 Å². The van der Waals surface area contributed by atoms with Gasteiger partial charge in [0.15, 0.2) is 0 Å². The summed E-state index contributed by atoms with van der Waals surface area (Å²) in [5.74, 6) is -0.202. The highest BCUT2D eigenvalue weighted by molar-refractivity contribution is 5.90. The smallest absolute Gasteiger partial charge is 0.141 e. The standard InChI is InChI=1S/C15H16FNO.ClH/c1-2-13-8-10(3-5-17-13)14-9-12(16)7-11-4-6-18-15(11)14;/h3-4,6-7,9,13,17H,2,5,8H2,1H3;1H. The van der Waals surface area contributed by atoms with Crippen LogP contribution in [0.1, 0.15) is 25.3 Å². The molecule has 1 atom stereocenters. The first-order chi connectivity index (χ1) is 8.78. The highest BCUT2D eigenvalue weighted by Gasteiger charge is 2.18. The van der Waals surface area contributed by atoms with E-state index in [-0.39, 0.29) is 18.2 Å². The highest BCUT2D eigenvalue weighted by Crippen LogP contribution is 2.31. The molecule has 2 aromatic rings. The Morgan fingerprint density at radius 1 is 1.42 bits per heavy atom. The molecule has 3 rings (SSSR count). The van der Waals surface area contributed by atoms with Crippen molar-refractivity contribution >= 4 is 28.9 Å². The lowest BCUT2D eigenvalue weighted by molar-refractivity contribution is 0.520. The number of hydrogen-bond acceptors (Lipinski definition) is 2. The van der Waals surface area contributed by atoms with Gasteiger partial charge in [-0.05, 0) is 36.6 Å². The van der Waals surface area contributed by atoms with Gasteiger partial charge < -0.3 is 9.73 Å². The molecule has 102 valence electrons. The molecule has 0 amide bonds. The molecule has 1 N–H and O–H groups in total. The van der Waals surface area contributed by atoms with E-state index in [1.165, 1.54) is 11.6 Å². The van der Waals surface area contributed by atoms with Gasteiger partial charge in [0, 0.05) is 23.5 Å². The third-order valence-corrected chi connectivity index (χ3v) is 3.58. The SMILES string of the molecule is CCC1CC(c2cc(F)cc3ccoc23)=CCN1.Cl. The predicted octanol–water partition coefficient (Wildman–Crippen LogP) is 4.15. The maximum Gasteiger partial charge on any atom is 0.141 e. The normalized spacial score (nSPS) is 19.1. The van der Waals surface area contributed by atoms with Crippen LogP contribution < -0.4 is 5.32 Å². The molecule has 1 aliphatic heterocycles. The van der Waals surface area contributed by atoms with Crippen molar-refractivity contribution in [1.29, 1.82) is 0 Å². The minimum atomic E-state index is -0.202. The Morgan fingerprint density at radius 2 is 2.26 bits per heavy atom. The fourth-order valence-corrected chi connectivity index (χ4v) is 2.56. The van der Waals surface area contributed by atoms with Crippen molar-refractivity contribution in [3.8, 4) is 0 Å². The van der Waals surface area contributed by atoms with Crippen LogP contribution in [0.4, 0.5) is 4.39 Å². The lowest BCUT2D eigenvalue weighted by Crippen LogP contribution is -2.32. The number of fused-ring (bicyclic) bond motifs is 1. The Hall–Kier alpha value is -1.32. The van der Waals surface area contributed by atoms with E-state index in [9.17, 15) is 4.39 Å². The van der Waals surface area contributed by atoms with E-state index in [0.29, 0.717) is 6.04 Å². The zero-order valence-electron chi connectivity index (χ0n) is 10.8.